The van der Waals surface area contributed by atoms with Crippen LogP contribution in [0.25, 0.3) is 0 Å². The van der Waals surface area contributed by atoms with Gasteiger partial charge in [-0.2, -0.15) is 0 Å². The van der Waals surface area contributed by atoms with Crippen LogP contribution in [0.4, 0.5) is 0 Å². The van der Waals surface area contributed by atoms with Crippen molar-refractivity contribution >= 4 is 5.91 Å². The zero-order valence-electron chi connectivity index (χ0n) is 12.9. The second-order valence-electron chi connectivity index (χ2n) is 5.45. The molecule has 0 aliphatic carbocycles. The monoisotopic (exact) mass is 261 g/mol. The van der Waals surface area contributed by atoms with E-state index in [1.807, 2.05) is 26.8 Å². The first-order chi connectivity index (χ1) is 8.81. The van der Waals surface area contributed by atoms with E-state index in [-0.39, 0.29) is 5.91 Å². The van der Waals surface area contributed by atoms with Gasteiger partial charge in [-0.3, -0.25) is 4.79 Å². The van der Waals surface area contributed by atoms with Gasteiger partial charge < -0.3 is 5.32 Å². The van der Waals surface area contributed by atoms with Gasteiger partial charge in [0, 0.05) is 12.3 Å². The Kier molecular flexibility index (Phi) is 8.60. The lowest BCUT2D eigenvalue weighted by Crippen LogP contribution is -2.13. The highest BCUT2D eigenvalue weighted by Crippen LogP contribution is 2.13. The molecule has 0 aromatic carbocycles. The third-order valence-electron chi connectivity index (χ3n) is 2.57. The molecule has 0 aliphatic heterocycles. The predicted octanol–water partition coefficient (Wildman–Crippen LogP) is 4.52. The van der Waals surface area contributed by atoms with Gasteiger partial charge in [-0.15, -0.1) is 6.58 Å². The van der Waals surface area contributed by atoms with Crippen LogP contribution in [-0.4, -0.2) is 5.91 Å². The van der Waals surface area contributed by atoms with Gasteiger partial charge in [0.05, 0.1) is 0 Å². The van der Waals surface area contributed by atoms with Gasteiger partial charge in [0.1, 0.15) is 0 Å². The Morgan fingerprint density at radius 2 is 1.89 bits per heavy atom. The summed E-state index contributed by atoms with van der Waals surface area (Å²) in [6.07, 6.45) is 9.59. The molecule has 0 unspecified atom stereocenters. The van der Waals surface area contributed by atoms with E-state index in [4.69, 9.17) is 0 Å². The van der Waals surface area contributed by atoms with E-state index in [0.29, 0.717) is 5.92 Å². The maximum Gasteiger partial charge on any atom is 0.247 e. The summed E-state index contributed by atoms with van der Waals surface area (Å²) in [7, 11) is 0. The highest BCUT2D eigenvalue weighted by molar-refractivity contribution is 5.88. The molecule has 2 heteroatoms. The van der Waals surface area contributed by atoms with Crippen molar-refractivity contribution in [1.82, 2.24) is 5.32 Å². The van der Waals surface area contributed by atoms with E-state index < -0.39 is 0 Å². The highest BCUT2D eigenvalue weighted by Gasteiger charge is 1.98. The van der Waals surface area contributed by atoms with E-state index in [0.717, 1.165) is 24.0 Å². The first-order valence-corrected chi connectivity index (χ1v) is 6.76. The Bertz CT molecular complexity index is 395. The fraction of sp³-hybridized carbons (Fsp3) is 0.471. The van der Waals surface area contributed by atoms with Crippen molar-refractivity contribution in [1.29, 1.82) is 0 Å². The lowest BCUT2D eigenvalue weighted by atomic mass is 10.0. The number of carbonyl (C=O) groups excluding carboxylic acids is 1. The van der Waals surface area contributed by atoms with Crippen LogP contribution in [0, 0.1) is 5.92 Å². The molecule has 0 aliphatic rings. The average molecular weight is 261 g/mol. The fourth-order valence-electron chi connectivity index (χ4n) is 1.62. The molecule has 1 N–H and O–H groups in total. The van der Waals surface area contributed by atoms with Gasteiger partial charge in [0.2, 0.25) is 5.91 Å². The van der Waals surface area contributed by atoms with Crippen LogP contribution in [0.5, 0.6) is 0 Å². The van der Waals surface area contributed by atoms with E-state index >= 15 is 0 Å². The Morgan fingerprint density at radius 3 is 2.42 bits per heavy atom. The van der Waals surface area contributed by atoms with Crippen molar-refractivity contribution in [3.63, 3.8) is 0 Å². The fourth-order valence-corrected chi connectivity index (χ4v) is 1.62. The summed E-state index contributed by atoms with van der Waals surface area (Å²) < 4.78 is 0. The number of rotatable bonds is 7. The molecule has 19 heavy (non-hydrogen) atoms. The van der Waals surface area contributed by atoms with Crippen molar-refractivity contribution in [2.24, 2.45) is 5.92 Å². The SMILES string of the molecule is C=C(C)CC[C@H](C)/C=C(C)/C=C/NC(=O)C=C(C)C. The number of carbonyl (C=O) groups is 1. The third kappa shape index (κ3) is 11.3. The third-order valence-corrected chi connectivity index (χ3v) is 2.57. The van der Waals surface area contributed by atoms with Crippen molar-refractivity contribution in [2.45, 2.75) is 47.5 Å². The molecule has 0 bridgehead atoms. The second-order valence-corrected chi connectivity index (χ2v) is 5.45. The Balaban J connectivity index is 4.20. The maximum absolute atomic E-state index is 11.4. The summed E-state index contributed by atoms with van der Waals surface area (Å²) in [5.74, 6) is 0.439. The van der Waals surface area contributed by atoms with Crippen molar-refractivity contribution in [3.8, 4) is 0 Å². The summed E-state index contributed by atoms with van der Waals surface area (Å²) in [4.78, 5) is 11.4. The number of allylic oxidation sites excluding steroid dienone is 5. The van der Waals surface area contributed by atoms with Gasteiger partial charge >= 0.3 is 0 Å². The van der Waals surface area contributed by atoms with Gasteiger partial charge in [-0.25, -0.2) is 0 Å². The molecule has 0 fully saturated rings. The standard InChI is InChI=1S/C17H27NO/c1-13(2)7-8-15(5)12-16(6)9-10-18-17(19)11-14(3)4/h9-12,15H,1,7-8H2,2-6H3,(H,18,19)/b10-9+,16-12+/t15-/m0/s1. The highest BCUT2D eigenvalue weighted by atomic mass is 16.1. The Hall–Kier alpha value is -1.57. The lowest BCUT2D eigenvalue weighted by Gasteiger charge is -2.06. The van der Waals surface area contributed by atoms with Crippen LogP contribution in [0.3, 0.4) is 0 Å². The minimum Gasteiger partial charge on any atom is -0.329 e. The van der Waals surface area contributed by atoms with Gasteiger partial charge in [-0.1, -0.05) is 29.7 Å². The molecule has 0 aromatic heterocycles. The smallest absolute Gasteiger partial charge is 0.247 e. The Morgan fingerprint density at radius 1 is 1.26 bits per heavy atom. The quantitative estimate of drug-likeness (QED) is 0.407. The molecule has 0 heterocycles. The summed E-state index contributed by atoms with van der Waals surface area (Å²) in [6, 6.07) is 0. The molecule has 0 saturated heterocycles. The van der Waals surface area contributed by atoms with Crippen LogP contribution < -0.4 is 5.32 Å². The van der Waals surface area contributed by atoms with Crippen molar-refractivity contribution in [2.75, 3.05) is 0 Å². The van der Waals surface area contributed by atoms with Crippen molar-refractivity contribution in [3.05, 3.63) is 47.7 Å². The van der Waals surface area contributed by atoms with Gasteiger partial charge in [-0.05, 0) is 52.5 Å². The summed E-state index contributed by atoms with van der Waals surface area (Å²) in [5.41, 5.74) is 3.38. The van der Waals surface area contributed by atoms with Crippen LogP contribution in [-0.2, 0) is 4.79 Å². The first kappa shape index (κ1) is 17.4. The molecule has 0 saturated carbocycles. The predicted molar refractivity (Wildman–Crippen MR) is 83.7 cm³/mol. The average Bonchev–Trinajstić information content (AvgIpc) is 2.25. The molecule has 2 nitrogen and oxygen atoms in total. The maximum atomic E-state index is 11.4. The minimum absolute atomic E-state index is 0.0839. The Labute approximate surface area is 118 Å². The molecule has 1 amide bonds. The van der Waals surface area contributed by atoms with Crippen LogP contribution >= 0.6 is 0 Å². The normalized spacial score (nSPS) is 13.2. The zero-order valence-corrected chi connectivity index (χ0v) is 12.9. The second kappa shape index (κ2) is 9.37. The minimum atomic E-state index is -0.0839. The molecule has 0 radical (unpaired) electrons. The van der Waals surface area contributed by atoms with Gasteiger partial charge in [0.25, 0.3) is 0 Å². The largest absolute Gasteiger partial charge is 0.329 e. The molecule has 1 atom stereocenters. The van der Waals surface area contributed by atoms with E-state index in [2.05, 4.69) is 31.8 Å². The molecular formula is C17H27NO. The zero-order chi connectivity index (χ0) is 14.8. The summed E-state index contributed by atoms with van der Waals surface area (Å²) in [6.45, 7) is 14.0. The molecule has 0 aromatic rings. The van der Waals surface area contributed by atoms with E-state index in [1.165, 1.54) is 5.57 Å². The topological polar surface area (TPSA) is 29.1 Å². The number of hydrogen-bond donors (Lipinski definition) is 1. The number of amides is 1. The first-order valence-electron chi connectivity index (χ1n) is 6.76. The van der Waals surface area contributed by atoms with Crippen LogP contribution in [0.15, 0.2) is 47.7 Å². The lowest BCUT2D eigenvalue weighted by molar-refractivity contribution is -0.115. The molecule has 0 rings (SSSR count). The number of nitrogens with one attached hydrogen (secondary N) is 1. The molecular weight excluding hydrogens is 234 g/mol. The van der Waals surface area contributed by atoms with E-state index in [1.54, 1.807) is 12.3 Å². The molecule has 106 valence electrons. The van der Waals surface area contributed by atoms with Crippen LogP contribution in [0.1, 0.15) is 47.5 Å². The molecule has 0 spiro atoms. The van der Waals surface area contributed by atoms with Gasteiger partial charge in [0.15, 0.2) is 0 Å². The van der Waals surface area contributed by atoms with Crippen molar-refractivity contribution < 1.29 is 4.79 Å². The van der Waals surface area contributed by atoms with E-state index in [9.17, 15) is 4.79 Å². The summed E-state index contributed by atoms with van der Waals surface area (Å²) >= 11 is 0. The van der Waals surface area contributed by atoms with Crippen LogP contribution in [0.2, 0.25) is 0 Å². The summed E-state index contributed by atoms with van der Waals surface area (Å²) in [5, 5.41) is 2.72. The number of hydrogen-bond acceptors (Lipinski definition) is 1.